The van der Waals surface area contributed by atoms with Gasteiger partial charge in [-0.15, -0.1) is 12.4 Å². The van der Waals surface area contributed by atoms with Crippen molar-refractivity contribution >= 4 is 24.2 Å². The summed E-state index contributed by atoms with van der Waals surface area (Å²) in [6.45, 7) is 7.45. The zero-order valence-corrected chi connectivity index (χ0v) is 12.8. The number of hydrogen-bond donors (Lipinski definition) is 2. The Morgan fingerprint density at radius 1 is 1.22 bits per heavy atom. The highest BCUT2D eigenvalue weighted by Gasteiger charge is 2.17. The van der Waals surface area contributed by atoms with E-state index < -0.39 is 0 Å². The van der Waals surface area contributed by atoms with Gasteiger partial charge in [-0.3, -0.25) is 9.59 Å². The van der Waals surface area contributed by atoms with Crippen LogP contribution in [0, 0.1) is 5.41 Å². The molecule has 0 saturated carbocycles. The fourth-order valence-corrected chi connectivity index (χ4v) is 1.26. The summed E-state index contributed by atoms with van der Waals surface area (Å²) in [7, 11) is 3.57. The maximum atomic E-state index is 11.6. The molecule has 0 aromatic carbocycles. The molecular formula is C12H26ClN3O2. The van der Waals surface area contributed by atoms with Gasteiger partial charge in [0, 0.05) is 26.6 Å². The molecule has 0 saturated heterocycles. The minimum atomic E-state index is -0.0760. The number of halogens is 1. The molecule has 0 spiro atoms. The Labute approximate surface area is 116 Å². The average Bonchev–Trinajstić information content (AvgIpc) is 2.20. The Hall–Kier alpha value is -0.810. The first-order chi connectivity index (χ1) is 7.76. The van der Waals surface area contributed by atoms with Crippen LogP contribution in [0.5, 0.6) is 0 Å². The Balaban J connectivity index is 0. The monoisotopic (exact) mass is 279 g/mol. The van der Waals surface area contributed by atoms with E-state index >= 15 is 0 Å². The fourth-order valence-electron chi connectivity index (χ4n) is 1.26. The smallest absolute Gasteiger partial charge is 0.241 e. The summed E-state index contributed by atoms with van der Waals surface area (Å²) in [6.07, 6.45) is 0.431. The summed E-state index contributed by atoms with van der Waals surface area (Å²) in [4.78, 5) is 24.7. The van der Waals surface area contributed by atoms with Crippen molar-refractivity contribution in [1.82, 2.24) is 15.5 Å². The third kappa shape index (κ3) is 10.4. The Morgan fingerprint density at radius 2 is 1.78 bits per heavy atom. The highest BCUT2D eigenvalue weighted by molar-refractivity contribution is 5.85. The normalized spacial score (nSPS) is 10.5. The van der Waals surface area contributed by atoms with Crippen molar-refractivity contribution < 1.29 is 9.59 Å². The van der Waals surface area contributed by atoms with Crippen LogP contribution in [0.1, 0.15) is 27.2 Å². The van der Waals surface area contributed by atoms with Gasteiger partial charge in [0.05, 0.1) is 6.54 Å². The molecule has 0 aromatic rings. The lowest BCUT2D eigenvalue weighted by Gasteiger charge is -2.19. The van der Waals surface area contributed by atoms with Crippen LogP contribution in [-0.4, -0.2) is 50.4 Å². The number of likely N-dealkylation sites (N-methyl/N-ethyl adjacent to an activating group) is 2. The summed E-state index contributed by atoms with van der Waals surface area (Å²) in [5, 5.41) is 5.61. The predicted octanol–water partition coefficient (Wildman–Crippen LogP) is 0.638. The summed E-state index contributed by atoms with van der Waals surface area (Å²) >= 11 is 0. The topological polar surface area (TPSA) is 61.4 Å². The number of nitrogens with one attached hydrogen (secondary N) is 2. The van der Waals surface area contributed by atoms with Gasteiger partial charge in [-0.05, 0) is 12.5 Å². The van der Waals surface area contributed by atoms with Crippen LogP contribution >= 0.6 is 12.4 Å². The molecule has 0 aromatic heterocycles. The molecule has 0 fully saturated rings. The largest absolute Gasteiger partial charge is 0.347 e. The van der Waals surface area contributed by atoms with Crippen LogP contribution in [0.2, 0.25) is 0 Å². The molecule has 2 amide bonds. The highest BCUT2D eigenvalue weighted by atomic mass is 35.5. The van der Waals surface area contributed by atoms with Crippen molar-refractivity contribution in [1.29, 1.82) is 0 Å². The van der Waals surface area contributed by atoms with Gasteiger partial charge in [-0.2, -0.15) is 0 Å². The van der Waals surface area contributed by atoms with Gasteiger partial charge in [0.15, 0.2) is 0 Å². The molecule has 0 rings (SSSR count). The quantitative estimate of drug-likeness (QED) is 0.750. The van der Waals surface area contributed by atoms with Crippen LogP contribution in [-0.2, 0) is 9.59 Å². The number of carbonyl (C=O) groups is 2. The maximum absolute atomic E-state index is 11.6. The number of nitrogens with zero attached hydrogens (tertiary/aromatic N) is 1. The van der Waals surface area contributed by atoms with Crippen molar-refractivity contribution in [3.05, 3.63) is 0 Å². The van der Waals surface area contributed by atoms with Crippen LogP contribution in [0.3, 0.4) is 0 Å². The molecule has 6 heteroatoms. The van der Waals surface area contributed by atoms with Gasteiger partial charge in [0.25, 0.3) is 0 Å². The fraction of sp³-hybridized carbons (Fsp3) is 0.833. The molecule has 0 atom stereocenters. The standard InChI is InChI=1S/C12H25N3O2.ClH/c1-12(2,3)8-10(16)14-9-11(17)15(5)7-6-13-4;/h13H,6-9H2,1-5H3,(H,14,16);1H. The van der Waals surface area contributed by atoms with E-state index in [1.54, 1.807) is 11.9 Å². The van der Waals surface area contributed by atoms with Crippen molar-refractivity contribution in [3.63, 3.8) is 0 Å². The SMILES string of the molecule is CNCCN(C)C(=O)CNC(=O)CC(C)(C)C.Cl. The van der Waals surface area contributed by atoms with Gasteiger partial charge in [0.1, 0.15) is 0 Å². The van der Waals surface area contributed by atoms with Crippen LogP contribution in [0.25, 0.3) is 0 Å². The zero-order chi connectivity index (χ0) is 13.5. The molecule has 0 aliphatic heterocycles. The van der Waals surface area contributed by atoms with Crippen molar-refractivity contribution in [3.8, 4) is 0 Å². The van der Waals surface area contributed by atoms with Crippen LogP contribution < -0.4 is 10.6 Å². The minimum Gasteiger partial charge on any atom is -0.347 e. The third-order valence-electron chi connectivity index (χ3n) is 2.25. The summed E-state index contributed by atoms with van der Waals surface area (Å²) in [5.74, 6) is -0.143. The number of carbonyl (C=O) groups excluding carboxylic acids is 2. The van der Waals surface area contributed by atoms with Gasteiger partial charge in [-0.1, -0.05) is 20.8 Å². The van der Waals surface area contributed by atoms with E-state index in [0.717, 1.165) is 6.54 Å². The first kappa shape index (κ1) is 19.5. The van der Waals surface area contributed by atoms with E-state index in [-0.39, 0.29) is 36.2 Å². The second-order valence-corrected chi connectivity index (χ2v) is 5.43. The molecule has 0 unspecified atom stereocenters. The van der Waals surface area contributed by atoms with E-state index in [1.807, 2.05) is 27.8 Å². The second kappa shape index (κ2) is 9.16. The number of amides is 2. The summed E-state index contributed by atoms with van der Waals surface area (Å²) in [5.41, 5.74) is -0.0504. The van der Waals surface area contributed by atoms with E-state index in [0.29, 0.717) is 13.0 Å². The maximum Gasteiger partial charge on any atom is 0.241 e. The van der Waals surface area contributed by atoms with Gasteiger partial charge in [-0.25, -0.2) is 0 Å². The van der Waals surface area contributed by atoms with E-state index in [1.165, 1.54) is 0 Å². The van der Waals surface area contributed by atoms with Gasteiger partial charge < -0.3 is 15.5 Å². The van der Waals surface area contributed by atoms with Crippen molar-refractivity contribution in [2.24, 2.45) is 5.41 Å². The van der Waals surface area contributed by atoms with Gasteiger partial charge >= 0.3 is 0 Å². The molecule has 5 nitrogen and oxygen atoms in total. The highest BCUT2D eigenvalue weighted by Crippen LogP contribution is 2.17. The predicted molar refractivity (Wildman–Crippen MR) is 75.9 cm³/mol. The first-order valence-electron chi connectivity index (χ1n) is 5.91. The minimum absolute atomic E-state index is 0. The summed E-state index contributed by atoms with van der Waals surface area (Å²) < 4.78 is 0. The number of hydrogen-bond acceptors (Lipinski definition) is 3. The lowest BCUT2D eigenvalue weighted by molar-refractivity contribution is -0.132. The first-order valence-corrected chi connectivity index (χ1v) is 5.91. The average molecular weight is 280 g/mol. The Kier molecular flexibility index (Phi) is 9.94. The van der Waals surface area contributed by atoms with Crippen LogP contribution in [0.15, 0.2) is 0 Å². The lowest BCUT2D eigenvalue weighted by Crippen LogP contribution is -2.41. The molecule has 0 radical (unpaired) electrons. The zero-order valence-electron chi connectivity index (χ0n) is 12.0. The molecule has 0 aliphatic carbocycles. The Morgan fingerprint density at radius 3 is 2.22 bits per heavy atom. The van der Waals surface area contributed by atoms with E-state index in [4.69, 9.17) is 0 Å². The number of rotatable bonds is 6. The lowest BCUT2D eigenvalue weighted by atomic mass is 9.92. The molecule has 0 aliphatic rings. The molecule has 0 heterocycles. The van der Waals surface area contributed by atoms with Crippen molar-refractivity contribution in [2.45, 2.75) is 27.2 Å². The molecule has 0 bridgehead atoms. The van der Waals surface area contributed by atoms with Crippen molar-refractivity contribution in [2.75, 3.05) is 33.7 Å². The molecule has 2 N–H and O–H groups in total. The van der Waals surface area contributed by atoms with Crippen LogP contribution in [0.4, 0.5) is 0 Å². The molecule has 18 heavy (non-hydrogen) atoms. The molecule has 108 valence electrons. The van der Waals surface area contributed by atoms with E-state index in [9.17, 15) is 9.59 Å². The molecular weight excluding hydrogens is 254 g/mol. The van der Waals surface area contributed by atoms with Gasteiger partial charge in [0.2, 0.25) is 11.8 Å². The van der Waals surface area contributed by atoms with E-state index in [2.05, 4.69) is 10.6 Å². The second-order valence-electron chi connectivity index (χ2n) is 5.43. The third-order valence-corrected chi connectivity index (χ3v) is 2.25. The summed E-state index contributed by atoms with van der Waals surface area (Å²) in [6, 6.07) is 0. The Bertz CT molecular complexity index is 265.